The van der Waals surface area contributed by atoms with E-state index >= 15 is 0 Å². The molecule has 1 heterocycles. The van der Waals surface area contributed by atoms with E-state index < -0.39 is 0 Å². The van der Waals surface area contributed by atoms with Crippen molar-refractivity contribution >= 4 is 29.6 Å². The van der Waals surface area contributed by atoms with Crippen LogP contribution in [-0.4, -0.2) is 9.97 Å². The summed E-state index contributed by atoms with van der Waals surface area (Å²) < 4.78 is 0. The molecule has 0 saturated heterocycles. The van der Waals surface area contributed by atoms with Crippen LogP contribution in [0.1, 0.15) is 5.69 Å². The predicted octanol–water partition coefficient (Wildman–Crippen LogP) is 1.33. The molecule has 0 atom stereocenters. The minimum Gasteiger partial charge on any atom is -0.393 e. The molecule has 1 aromatic rings. The van der Waals surface area contributed by atoms with Crippen LogP contribution in [0, 0.1) is 0 Å². The van der Waals surface area contributed by atoms with Crippen molar-refractivity contribution in [1.82, 2.24) is 4.98 Å². The van der Waals surface area contributed by atoms with E-state index in [1.54, 1.807) is 6.20 Å². The number of aromatic nitrogens is 1. The fraction of sp³-hybridized carbons (Fsp3) is 0.143. The highest BCUT2D eigenvalue weighted by atomic mass is 35.5. The summed E-state index contributed by atoms with van der Waals surface area (Å²) in [5.41, 5.74) is 6.24. The Morgan fingerprint density at radius 3 is 2.73 bits per heavy atom. The van der Waals surface area contributed by atoms with Crippen molar-refractivity contribution in [2.45, 2.75) is 6.42 Å². The highest BCUT2D eigenvalue weighted by molar-refractivity contribution is 7.80. The van der Waals surface area contributed by atoms with Crippen LogP contribution in [0.2, 0.25) is 0 Å². The average molecular weight is 189 g/mol. The van der Waals surface area contributed by atoms with E-state index in [4.69, 9.17) is 18.0 Å². The van der Waals surface area contributed by atoms with Gasteiger partial charge in [-0.05, 0) is 12.1 Å². The van der Waals surface area contributed by atoms with Crippen molar-refractivity contribution in [1.29, 1.82) is 0 Å². The van der Waals surface area contributed by atoms with Crippen molar-refractivity contribution in [3.05, 3.63) is 30.1 Å². The van der Waals surface area contributed by atoms with E-state index in [1.807, 2.05) is 18.2 Å². The molecule has 1 aromatic heterocycles. The van der Waals surface area contributed by atoms with Gasteiger partial charge in [-0.25, -0.2) is 0 Å². The van der Waals surface area contributed by atoms with E-state index in [-0.39, 0.29) is 12.4 Å². The minimum absolute atomic E-state index is 0. The summed E-state index contributed by atoms with van der Waals surface area (Å²) in [6.45, 7) is 0. The van der Waals surface area contributed by atoms with E-state index in [2.05, 4.69) is 4.98 Å². The van der Waals surface area contributed by atoms with Gasteiger partial charge in [-0.15, -0.1) is 12.4 Å². The molecule has 2 N–H and O–H groups in total. The fourth-order valence-corrected chi connectivity index (χ4v) is 0.829. The molecule has 0 bridgehead atoms. The molecule has 4 heteroatoms. The van der Waals surface area contributed by atoms with Gasteiger partial charge in [-0.1, -0.05) is 18.3 Å². The Balaban J connectivity index is 0.000001000. The number of hydrogen-bond acceptors (Lipinski definition) is 2. The zero-order valence-corrected chi connectivity index (χ0v) is 7.49. The van der Waals surface area contributed by atoms with E-state index in [1.165, 1.54) is 0 Å². The number of halogens is 1. The highest BCUT2D eigenvalue weighted by Crippen LogP contribution is 1.93. The van der Waals surface area contributed by atoms with Gasteiger partial charge in [0.2, 0.25) is 0 Å². The Labute approximate surface area is 77.2 Å². The number of thiocarbonyl (C=S) groups is 1. The number of nitrogens with zero attached hydrogens (tertiary/aromatic N) is 1. The summed E-state index contributed by atoms with van der Waals surface area (Å²) in [5, 5.41) is 0. The molecular formula is C7H9ClN2S. The SMILES string of the molecule is Cl.NC(=S)Cc1ccccn1. The number of pyridine rings is 1. The minimum atomic E-state index is 0. The lowest BCUT2D eigenvalue weighted by atomic mass is 10.3. The van der Waals surface area contributed by atoms with Gasteiger partial charge in [0.05, 0.1) is 4.99 Å². The Bertz CT molecular complexity index is 225. The second kappa shape index (κ2) is 5.04. The van der Waals surface area contributed by atoms with Crippen LogP contribution < -0.4 is 5.73 Å². The van der Waals surface area contributed by atoms with Gasteiger partial charge in [0, 0.05) is 18.3 Å². The van der Waals surface area contributed by atoms with E-state index in [9.17, 15) is 0 Å². The van der Waals surface area contributed by atoms with Crippen molar-refractivity contribution in [2.75, 3.05) is 0 Å². The smallest absolute Gasteiger partial charge is 0.0787 e. The first kappa shape index (κ1) is 10.3. The first-order valence-electron chi connectivity index (χ1n) is 2.97. The van der Waals surface area contributed by atoms with Crippen LogP contribution in [0.25, 0.3) is 0 Å². The Morgan fingerprint density at radius 1 is 1.55 bits per heavy atom. The molecule has 11 heavy (non-hydrogen) atoms. The van der Waals surface area contributed by atoms with Gasteiger partial charge in [0.15, 0.2) is 0 Å². The lowest BCUT2D eigenvalue weighted by molar-refractivity contribution is 1.14. The normalized spacial score (nSPS) is 8.36. The second-order valence-corrected chi connectivity index (χ2v) is 2.49. The Hall–Kier alpha value is -0.670. The second-order valence-electron chi connectivity index (χ2n) is 1.96. The van der Waals surface area contributed by atoms with Crippen molar-refractivity contribution in [3.8, 4) is 0 Å². The third kappa shape index (κ3) is 3.91. The maximum Gasteiger partial charge on any atom is 0.0787 e. The molecule has 0 aliphatic rings. The zero-order valence-electron chi connectivity index (χ0n) is 5.86. The fourth-order valence-electron chi connectivity index (χ4n) is 0.681. The van der Waals surface area contributed by atoms with Gasteiger partial charge in [0.25, 0.3) is 0 Å². The molecule has 0 aliphatic heterocycles. The lowest BCUT2D eigenvalue weighted by Gasteiger charge is -1.94. The monoisotopic (exact) mass is 188 g/mol. The molecule has 0 aromatic carbocycles. The Kier molecular flexibility index (Phi) is 4.74. The molecule has 2 nitrogen and oxygen atoms in total. The quantitative estimate of drug-likeness (QED) is 0.712. The molecule has 0 unspecified atom stereocenters. The number of rotatable bonds is 2. The van der Waals surface area contributed by atoms with Crippen LogP contribution in [0.4, 0.5) is 0 Å². The van der Waals surface area contributed by atoms with Gasteiger partial charge in [-0.2, -0.15) is 0 Å². The van der Waals surface area contributed by atoms with Crippen molar-refractivity contribution in [3.63, 3.8) is 0 Å². The summed E-state index contributed by atoms with van der Waals surface area (Å²) in [5.74, 6) is 0. The maximum absolute atomic E-state index is 5.32. The molecule has 0 radical (unpaired) electrons. The Morgan fingerprint density at radius 2 is 2.27 bits per heavy atom. The van der Waals surface area contributed by atoms with Crippen LogP contribution in [0.5, 0.6) is 0 Å². The van der Waals surface area contributed by atoms with Crippen LogP contribution in [-0.2, 0) is 6.42 Å². The summed E-state index contributed by atoms with van der Waals surface area (Å²) in [6, 6.07) is 5.68. The summed E-state index contributed by atoms with van der Waals surface area (Å²) in [4.78, 5) is 4.54. The molecule has 0 spiro atoms. The third-order valence-electron chi connectivity index (χ3n) is 1.08. The molecule has 60 valence electrons. The molecule has 1 rings (SSSR count). The van der Waals surface area contributed by atoms with Gasteiger partial charge < -0.3 is 5.73 Å². The van der Waals surface area contributed by atoms with E-state index in [0.717, 1.165) is 5.69 Å². The van der Waals surface area contributed by atoms with Crippen molar-refractivity contribution in [2.24, 2.45) is 5.73 Å². The van der Waals surface area contributed by atoms with Crippen LogP contribution in [0.3, 0.4) is 0 Å². The largest absolute Gasteiger partial charge is 0.393 e. The van der Waals surface area contributed by atoms with Crippen molar-refractivity contribution < 1.29 is 0 Å². The first-order chi connectivity index (χ1) is 4.79. The molecule has 0 saturated carbocycles. The van der Waals surface area contributed by atoms with Gasteiger partial charge in [-0.3, -0.25) is 4.98 Å². The molecular weight excluding hydrogens is 180 g/mol. The van der Waals surface area contributed by atoms with Crippen LogP contribution >= 0.6 is 24.6 Å². The van der Waals surface area contributed by atoms with Crippen LogP contribution in [0.15, 0.2) is 24.4 Å². The number of nitrogens with two attached hydrogens (primary N) is 1. The molecule has 0 amide bonds. The molecule has 0 aliphatic carbocycles. The number of hydrogen-bond donors (Lipinski definition) is 1. The zero-order chi connectivity index (χ0) is 7.40. The van der Waals surface area contributed by atoms with Gasteiger partial charge >= 0.3 is 0 Å². The lowest BCUT2D eigenvalue weighted by Crippen LogP contribution is -2.11. The predicted molar refractivity (Wildman–Crippen MR) is 52.0 cm³/mol. The third-order valence-corrected chi connectivity index (χ3v) is 1.23. The summed E-state index contributed by atoms with van der Waals surface area (Å²) in [6.07, 6.45) is 2.32. The summed E-state index contributed by atoms with van der Waals surface area (Å²) in [7, 11) is 0. The first-order valence-corrected chi connectivity index (χ1v) is 3.38. The highest BCUT2D eigenvalue weighted by Gasteiger charge is 1.92. The van der Waals surface area contributed by atoms with Gasteiger partial charge in [0.1, 0.15) is 0 Å². The van der Waals surface area contributed by atoms with E-state index in [0.29, 0.717) is 11.4 Å². The summed E-state index contributed by atoms with van der Waals surface area (Å²) >= 11 is 4.72. The standard InChI is InChI=1S/C7H8N2S.ClH/c8-7(10)5-6-3-1-2-4-9-6;/h1-4H,5H2,(H2,8,10);1H. The maximum atomic E-state index is 5.32. The average Bonchev–Trinajstić information content (AvgIpc) is 1.88. The molecule has 0 fully saturated rings. The topological polar surface area (TPSA) is 38.9 Å².